The van der Waals surface area contributed by atoms with E-state index in [0.717, 1.165) is 25.7 Å². The van der Waals surface area contributed by atoms with Gasteiger partial charge in [0.15, 0.2) is 0 Å². The first-order valence-corrected chi connectivity index (χ1v) is 3.62. The summed E-state index contributed by atoms with van der Waals surface area (Å²) in [7, 11) is 0. The number of hydrogen-bond donors (Lipinski definition) is 0. The van der Waals surface area contributed by atoms with Crippen molar-refractivity contribution in [2.24, 2.45) is 0 Å². The van der Waals surface area contributed by atoms with Crippen LogP contribution < -0.4 is 0 Å². The Labute approximate surface area is 64.0 Å². The van der Waals surface area contributed by atoms with Crippen LogP contribution in [0.1, 0.15) is 32.6 Å². The van der Waals surface area contributed by atoms with Crippen molar-refractivity contribution in [3.8, 4) is 23.7 Å². The molecule has 10 heavy (non-hydrogen) atoms. The van der Waals surface area contributed by atoms with Crippen molar-refractivity contribution in [2.75, 3.05) is 0 Å². The molecular weight excluding hydrogens is 120 g/mol. The van der Waals surface area contributed by atoms with Gasteiger partial charge in [-0.2, -0.15) is 0 Å². The van der Waals surface area contributed by atoms with Crippen molar-refractivity contribution in [1.82, 2.24) is 0 Å². The van der Waals surface area contributed by atoms with E-state index in [0.29, 0.717) is 0 Å². The minimum atomic E-state index is 0.932. The lowest BCUT2D eigenvalue weighted by molar-refractivity contribution is 0.902. The van der Waals surface area contributed by atoms with Crippen molar-refractivity contribution in [2.45, 2.75) is 32.6 Å². The van der Waals surface area contributed by atoms with Crippen LogP contribution in [0, 0.1) is 30.6 Å². The first-order chi connectivity index (χ1) is 4.91. The third-order valence-corrected chi connectivity index (χ3v) is 1.03. The van der Waals surface area contributed by atoms with Gasteiger partial charge in [0.2, 0.25) is 0 Å². The van der Waals surface area contributed by atoms with E-state index >= 15 is 0 Å². The average Bonchev–Trinajstić information content (AvgIpc) is 1.97. The van der Waals surface area contributed by atoms with Gasteiger partial charge in [0, 0.05) is 26.2 Å². The molecule has 0 aromatic rings. The summed E-state index contributed by atoms with van der Waals surface area (Å²) in [5, 5.41) is 0. The fourth-order valence-electron chi connectivity index (χ4n) is 0.567. The van der Waals surface area contributed by atoms with Gasteiger partial charge in [0.1, 0.15) is 0 Å². The highest BCUT2D eigenvalue weighted by molar-refractivity contribution is 5.03. The van der Waals surface area contributed by atoms with Crippen LogP contribution in [-0.4, -0.2) is 0 Å². The molecule has 0 saturated carbocycles. The summed E-state index contributed by atoms with van der Waals surface area (Å²) in [4.78, 5) is 0. The lowest BCUT2D eigenvalue weighted by Gasteiger charge is -1.82. The van der Waals surface area contributed by atoms with Gasteiger partial charge >= 0.3 is 0 Å². The van der Waals surface area contributed by atoms with Crippen molar-refractivity contribution in [3.63, 3.8) is 0 Å². The summed E-state index contributed by atoms with van der Waals surface area (Å²) in [6.07, 6.45) is 3.95. The van der Waals surface area contributed by atoms with Gasteiger partial charge in [0.05, 0.1) is 0 Å². The van der Waals surface area contributed by atoms with E-state index < -0.39 is 0 Å². The normalized spacial score (nSPS) is 7.00. The molecule has 0 aliphatic heterocycles. The largest absolute Gasteiger partial charge is 0.104 e. The standard InChI is InChI=1S/C10H13/c1-3-5-7-9-10-8-6-4-2/h1,4,7,9-10H2,2H3. The lowest BCUT2D eigenvalue weighted by Crippen LogP contribution is -1.69. The van der Waals surface area contributed by atoms with Crippen LogP contribution in [0.5, 0.6) is 0 Å². The Morgan fingerprint density at radius 2 is 1.80 bits per heavy atom. The van der Waals surface area contributed by atoms with E-state index in [1.807, 2.05) is 0 Å². The summed E-state index contributed by atoms with van der Waals surface area (Å²) < 4.78 is 0. The average molecular weight is 133 g/mol. The second-order valence-electron chi connectivity index (χ2n) is 1.91. The van der Waals surface area contributed by atoms with E-state index in [4.69, 9.17) is 0 Å². The van der Waals surface area contributed by atoms with E-state index in [1.165, 1.54) is 0 Å². The minimum Gasteiger partial charge on any atom is -0.104 e. The Morgan fingerprint density at radius 3 is 2.40 bits per heavy atom. The van der Waals surface area contributed by atoms with Crippen LogP contribution in [-0.2, 0) is 0 Å². The molecule has 0 heteroatoms. The van der Waals surface area contributed by atoms with Gasteiger partial charge in [-0.1, -0.05) is 6.92 Å². The molecule has 0 nitrogen and oxygen atoms in total. The van der Waals surface area contributed by atoms with Crippen LogP contribution in [0.2, 0.25) is 0 Å². The number of rotatable bonds is 2. The molecule has 0 unspecified atom stereocenters. The number of unbranched alkanes of at least 4 members (excludes halogenated alkanes) is 2. The highest BCUT2D eigenvalue weighted by atomic mass is 13.8. The lowest BCUT2D eigenvalue weighted by atomic mass is 10.2. The predicted octanol–water partition coefficient (Wildman–Crippen LogP) is 2.41. The van der Waals surface area contributed by atoms with Crippen LogP contribution in [0.3, 0.4) is 0 Å². The second kappa shape index (κ2) is 8.12. The van der Waals surface area contributed by atoms with Crippen molar-refractivity contribution >= 4 is 0 Å². The van der Waals surface area contributed by atoms with Gasteiger partial charge in [-0.15, -0.1) is 23.7 Å². The third-order valence-electron chi connectivity index (χ3n) is 1.03. The molecule has 0 aliphatic carbocycles. The molecule has 1 radical (unpaired) electrons. The van der Waals surface area contributed by atoms with E-state index in [-0.39, 0.29) is 0 Å². The first kappa shape index (κ1) is 9.12. The smallest absolute Gasteiger partial charge is 0.0198 e. The van der Waals surface area contributed by atoms with E-state index in [2.05, 4.69) is 37.5 Å². The molecule has 0 saturated heterocycles. The van der Waals surface area contributed by atoms with Crippen LogP contribution in [0.15, 0.2) is 0 Å². The quantitative estimate of drug-likeness (QED) is 0.401. The van der Waals surface area contributed by atoms with Crippen LogP contribution in [0.25, 0.3) is 0 Å². The Morgan fingerprint density at radius 1 is 1.10 bits per heavy atom. The topological polar surface area (TPSA) is 0 Å². The van der Waals surface area contributed by atoms with Crippen LogP contribution >= 0.6 is 0 Å². The minimum absolute atomic E-state index is 0.932. The molecule has 0 aromatic heterocycles. The van der Waals surface area contributed by atoms with E-state index in [1.54, 1.807) is 0 Å². The SMILES string of the molecule is [CH2]C#CCCCC#CCC. The molecule has 0 fully saturated rings. The maximum atomic E-state index is 3.42. The van der Waals surface area contributed by atoms with Crippen molar-refractivity contribution in [3.05, 3.63) is 6.92 Å². The Balaban J connectivity index is 3.10. The zero-order valence-electron chi connectivity index (χ0n) is 6.54. The Kier molecular flexibility index (Phi) is 7.41. The molecule has 0 aliphatic rings. The Bertz CT molecular complexity index is 168. The fourth-order valence-corrected chi connectivity index (χ4v) is 0.567. The van der Waals surface area contributed by atoms with Gasteiger partial charge < -0.3 is 0 Å². The second-order valence-corrected chi connectivity index (χ2v) is 1.91. The fraction of sp³-hybridized carbons (Fsp3) is 0.500. The Hall–Kier alpha value is -0.880. The molecule has 53 valence electrons. The summed E-state index contributed by atoms with van der Waals surface area (Å²) in [5.74, 6) is 11.6. The molecule has 0 spiro atoms. The maximum absolute atomic E-state index is 3.42. The highest BCUT2D eigenvalue weighted by Crippen LogP contribution is 1.91. The predicted molar refractivity (Wildman–Crippen MR) is 45.1 cm³/mol. The summed E-state index contributed by atoms with van der Waals surface area (Å²) in [5.41, 5.74) is 0. The van der Waals surface area contributed by atoms with Gasteiger partial charge in [-0.05, 0) is 6.42 Å². The molecule has 0 amide bonds. The monoisotopic (exact) mass is 133 g/mol. The van der Waals surface area contributed by atoms with Crippen LogP contribution in [0.4, 0.5) is 0 Å². The molecule has 0 N–H and O–H groups in total. The zero-order chi connectivity index (χ0) is 7.66. The molecule has 0 rings (SSSR count). The third kappa shape index (κ3) is 7.12. The number of hydrogen-bond acceptors (Lipinski definition) is 0. The van der Waals surface area contributed by atoms with Gasteiger partial charge in [0.25, 0.3) is 0 Å². The van der Waals surface area contributed by atoms with Crippen molar-refractivity contribution in [1.29, 1.82) is 0 Å². The zero-order valence-corrected chi connectivity index (χ0v) is 6.54. The summed E-state index contributed by atoms with van der Waals surface area (Å²) >= 11 is 0. The summed E-state index contributed by atoms with van der Waals surface area (Å²) in [6, 6.07) is 0. The maximum Gasteiger partial charge on any atom is 0.0198 e. The summed E-state index contributed by atoms with van der Waals surface area (Å²) in [6.45, 7) is 5.48. The molecular formula is C10H13. The van der Waals surface area contributed by atoms with Gasteiger partial charge in [-0.3, -0.25) is 0 Å². The molecule has 0 atom stereocenters. The van der Waals surface area contributed by atoms with Crippen molar-refractivity contribution < 1.29 is 0 Å². The van der Waals surface area contributed by atoms with E-state index in [9.17, 15) is 0 Å². The van der Waals surface area contributed by atoms with Gasteiger partial charge in [-0.25, -0.2) is 0 Å². The molecule has 0 aromatic carbocycles. The highest BCUT2D eigenvalue weighted by Gasteiger charge is 1.77. The molecule has 0 heterocycles. The molecule has 0 bridgehead atoms. The first-order valence-electron chi connectivity index (χ1n) is 3.62.